The smallest absolute Gasteiger partial charge is 0.230 e. The number of amides is 1. The number of nitrogens with zero attached hydrogens (tertiary/aromatic N) is 1. The number of hydrogen-bond donors (Lipinski definition) is 0. The van der Waals surface area contributed by atoms with E-state index in [1.165, 1.54) is 5.57 Å². The van der Waals surface area contributed by atoms with Gasteiger partial charge in [-0.15, -0.1) is 0 Å². The van der Waals surface area contributed by atoms with E-state index in [1.54, 1.807) is 0 Å². The lowest BCUT2D eigenvalue weighted by Crippen LogP contribution is -2.30. The minimum Gasteiger partial charge on any atom is -0.344 e. The topological polar surface area (TPSA) is 20.3 Å². The second-order valence-corrected chi connectivity index (χ2v) is 5.19. The van der Waals surface area contributed by atoms with Gasteiger partial charge in [0.15, 0.2) is 0 Å². The van der Waals surface area contributed by atoms with Crippen molar-refractivity contribution in [3.63, 3.8) is 0 Å². The number of allylic oxidation sites excluding steroid dienone is 3. The lowest BCUT2D eigenvalue weighted by molar-refractivity contribution is -0.129. The minimum atomic E-state index is -0.0445. The molecule has 1 fully saturated rings. The summed E-state index contributed by atoms with van der Waals surface area (Å²) in [7, 11) is 1.88. The number of hydrogen-bond acceptors (Lipinski definition) is 1. The number of rotatable bonds is 1. The van der Waals surface area contributed by atoms with E-state index in [0.29, 0.717) is 0 Å². The first-order valence-electron chi connectivity index (χ1n) is 5.73. The Morgan fingerprint density at radius 2 is 2.31 bits per heavy atom. The molecule has 0 aromatic heterocycles. The minimum absolute atomic E-state index is 0.0434. The lowest BCUT2D eigenvalue weighted by Gasteiger charge is -2.31. The van der Waals surface area contributed by atoms with Gasteiger partial charge in [0.2, 0.25) is 5.91 Å². The summed E-state index contributed by atoms with van der Waals surface area (Å²) in [6.45, 7) is 8.86. The second kappa shape index (κ2) is 3.62. The van der Waals surface area contributed by atoms with Crippen LogP contribution in [0.15, 0.2) is 36.0 Å². The van der Waals surface area contributed by atoms with E-state index >= 15 is 0 Å². The van der Waals surface area contributed by atoms with Gasteiger partial charge in [0.25, 0.3) is 0 Å². The van der Waals surface area contributed by atoms with Gasteiger partial charge in [-0.3, -0.25) is 4.79 Å². The van der Waals surface area contributed by atoms with E-state index in [4.69, 9.17) is 0 Å². The van der Waals surface area contributed by atoms with Crippen molar-refractivity contribution >= 4 is 5.91 Å². The van der Waals surface area contributed by atoms with Crippen LogP contribution in [0.25, 0.3) is 0 Å². The highest BCUT2D eigenvalue weighted by Gasteiger charge is 2.49. The molecular formula is C14H19NO. The zero-order valence-corrected chi connectivity index (χ0v) is 10.3. The molecule has 16 heavy (non-hydrogen) atoms. The van der Waals surface area contributed by atoms with Crippen LogP contribution in [0, 0.1) is 11.3 Å². The van der Waals surface area contributed by atoms with Crippen LogP contribution in [0.5, 0.6) is 0 Å². The van der Waals surface area contributed by atoms with E-state index < -0.39 is 0 Å². The molecule has 2 nitrogen and oxygen atoms in total. The summed E-state index contributed by atoms with van der Waals surface area (Å²) in [5.74, 6) is 0.170. The van der Waals surface area contributed by atoms with Crippen LogP contribution in [0.2, 0.25) is 0 Å². The number of carbonyl (C=O) groups is 1. The van der Waals surface area contributed by atoms with E-state index in [2.05, 4.69) is 31.7 Å². The summed E-state index contributed by atoms with van der Waals surface area (Å²) >= 11 is 0. The maximum absolute atomic E-state index is 12.1. The van der Waals surface area contributed by atoms with Gasteiger partial charge in [-0.2, -0.15) is 0 Å². The van der Waals surface area contributed by atoms with Crippen molar-refractivity contribution in [3.8, 4) is 0 Å². The standard InChI is InChI=1S/C14H19NO/c1-10(2)12-13(16)15(4)9-14(12)7-5-11(3)6-8-14/h5-7,12H,1,8-9H2,2-4H3. The Balaban J connectivity index is 2.38. The van der Waals surface area contributed by atoms with Crippen LogP contribution in [0.4, 0.5) is 0 Å². The van der Waals surface area contributed by atoms with Gasteiger partial charge in [0, 0.05) is 19.0 Å². The maximum atomic E-state index is 12.1. The monoisotopic (exact) mass is 217 g/mol. The quantitative estimate of drug-likeness (QED) is 0.618. The van der Waals surface area contributed by atoms with Gasteiger partial charge in [0.05, 0.1) is 5.92 Å². The Hall–Kier alpha value is -1.31. The molecule has 1 aliphatic carbocycles. The van der Waals surface area contributed by atoms with Gasteiger partial charge in [-0.1, -0.05) is 36.0 Å². The molecule has 1 heterocycles. The Labute approximate surface area is 97.3 Å². The zero-order valence-electron chi connectivity index (χ0n) is 10.3. The van der Waals surface area contributed by atoms with Crippen LogP contribution in [-0.2, 0) is 4.79 Å². The molecule has 0 bridgehead atoms. The van der Waals surface area contributed by atoms with Crippen LogP contribution < -0.4 is 0 Å². The first-order chi connectivity index (χ1) is 7.46. The molecule has 86 valence electrons. The van der Waals surface area contributed by atoms with Crippen LogP contribution in [0.3, 0.4) is 0 Å². The summed E-state index contributed by atoms with van der Waals surface area (Å²) in [6.07, 6.45) is 7.51. The molecule has 0 aromatic rings. The van der Waals surface area contributed by atoms with Crippen LogP contribution in [0.1, 0.15) is 20.3 Å². The zero-order chi connectivity index (χ0) is 11.9. The SMILES string of the molecule is C=C(C)C1C(=O)N(C)CC12C=CC(C)=CC2. The number of likely N-dealkylation sites (tertiary alicyclic amines) is 1. The molecule has 0 N–H and O–H groups in total. The summed E-state index contributed by atoms with van der Waals surface area (Å²) in [5.41, 5.74) is 2.22. The predicted octanol–water partition coefficient (Wildman–Crippen LogP) is 2.54. The van der Waals surface area contributed by atoms with E-state index in [0.717, 1.165) is 18.5 Å². The van der Waals surface area contributed by atoms with E-state index in [9.17, 15) is 4.79 Å². The Kier molecular flexibility index (Phi) is 2.53. The van der Waals surface area contributed by atoms with Crippen molar-refractivity contribution in [1.82, 2.24) is 4.90 Å². The van der Waals surface area contributed by atoms with Crippen LogP contribution >= 0.6 is 0 Å². The van der Waals surface area contributed by atoms with Gasteiger partial charge < -0.3 is 4.90 Å². The fraction of sp³-hybridized carbons (Fsp3) is 0.500. The molecule has 2 heteroatoms. The fourth-order valence-electron chi connectivity index (χ4n) is 2.89. The molecular weight excluding hydrogens is 198 g/mol. The van der Waals surface area contributed by atoms with E-state index in [-0.39, 0.29) is 17.2 Å². The fourth-order valence-corrected chi connectivity index (χ4v) is 2.89. The van der Waals surface area contributed by atoms with Crippen molar-refractivity contribution in [2.45, 2.75) is 20.3 Å². The lowest BCUT2D eigenvalue weighted by atomic mass is 9.70. The first kappa shape index (κ1) is 11.2. The average molecular weight is 217 g/mol. The van der Waals surface area contributed by atoms with Gasteiger partial charge in [-0.05, 0) is 20.3 Å². The Morgan fingerprint density at radius 1 is 1.62 bits per heavy atom. The van der Waals surface area contributed by atoms with Crippen LogP contribution in [-0.4, -0.2) is 24.4 Å². The maximum Gasteiger partial charge on any atom is 0.230 e. The first-order valence-corrected chi connectivity index (χ1v) is 5.73. The third-order valence-corrected chi connectivity index (χ3v) is 3.70. The summed E-state index contributed by atoms with van der Waals surface area (Å²) < 4.78 is 0. The molecule has 0 aromatic carbocycles. The Morgan fingerprint density at radius 3 is 2.81 bits per heavy atom. The summed E-state index contributed by atoms with van der Waals surface area (Å²) in [4.78, 5) is 13.9. The van der Waals surface area contributed by atoms with Crippen molar-refractivity contribution in [2.75, 3.05) is 13.6 Å². The average Bonchev–Trinajstić information content (AvgIpc) is 2.45. The molecule has 2 aliphatic rings. The van der Waals surface area contributed by atoms with Gasteiger partial charge >= 0.3 is 0 Å². The molecule has 0 saturated carbocycles. The third-order valence-electron chi connectivity index (χ3n) is 3.70. The summed E-state index contributed by atoms with van der Waals surface area (Å²) in [5, 5.41) is 0. The van der Waals surface area contributed by atoms with Gasteiger partial charge in [-0.25, -0.2) is 0 Å². The third kappa shape index (κ3) is 1.53. The molecule has 2 rings (SSSR count). The number of carbonyl (C=O) groups excluding carboxylic acids is 1. The van der Waals surface area contributed by atoms with Crippen molar-refractivity contribution in [3.05, 3.63) is 36.0 Å². The van der Waals surface area contributed by atoms with Crippen molar-refractivity contribution in [1.29, 1.82) is 0 Å². The summed E-state index contributed by atoms with van der Waals surface area (Å²) in [6, 6.07) is 0. The highest BCUT2D eigenvalue weighted by atomic mass is 16.2. The molecule has 1 saturated heterocycles. The van der Waals surface area contributed by atoms with Crippen molar-refractivity contribution in [2.24, 2.45) is 11.3 Å². The molecule has 0 radical (unpaired) electrons. The molecule has 2 unspecified atom stereocenters. The largest absolute Gasteiger partial charge is 0.344 e. The van der Waals surface area contributed by atoms with Gasteiger partial charge in [0.1, 0.15) is 0 Å². The predicted molar refractivity (Wildman–Crippen MR) is 65.9 cm³/mol. The highest BCUT2D eigenvalue weighted by molar-refractivity contribution is 5.85. The highest BCUT2D eigenvalue weighted by Crippen LogP contribution is 2.46. The normalized spacial score (nSPS) is 33.4. The Bertz CT molecular complexity index is 405. The molecule has 2 atom stereocenters. The molecule has 1 amide bonds. The second-order valence-electron chi connectivity index (χ2n) is 5.19. The van der Waals surface area contributed by atoms with E-state index in [1.807, 2.05) is 18.9 Å². The molecule has 1 aliphatic heterocycles. The van der Waals surface area contributed by atoms with Crippen molar-refractivity contribution < 1.29 is 4.79 Å². The molecule has 1 spiro atoms.